The van der Waals surface area contributed by atoms with E-state index in [-0.39, 0.29) is 6.09 Å². The van der Waals surface area contributed by atoms with Crippen molar-refractivity contribution in [3.8, 4) is 11.1 Å². The van der Waals surface area contributed by atoms with Crippen molar-refractivity contribution in [2.45, 2.75) is 32.3 Å². The Morgan fingerprint density at radius 2 is 1.61 bits per heavy atom. The highest BCUT2D eigenvalue weighted by atomic mass is 16.6. The van der Waals surface area contributed by atoms with E-state index in [9.17, 15) is 4.79 Å². The predicted molar refractivity (Wildman–Crippen MR) is 90.2 cm³/mol. The maximum Gasteiger partial charge on any atom is 0.410 e. The van der Waals surface area contributed by atoms with Gasteiger partial charge in [0.15, 0.2) is 0 Å². The van der Waals surface area contributed by atoms with E-state index in [2.05, 4.69) is 29.2 Å². The van der Waals surface area contributed by atoms with Crippen LogP contribution in [0.25, 0.3) is 11.1 Å². The maximum absolute atomic E-state index is 12.0. The monoisotopic (exact) mass is 310 g/mol. The molecule has 0 radical (unpaired) electrons. The van der Waals surface area contributed by atoms with Crippen molar-refractivity contribution in [1.29, 1.82) is 0 Å². The van der Waals surface area contributed by atoms with Crippen LogP contribution in [0.3, 0.4) is 0 Å². The number of benzene rings is 1. The third-order valence-electron chi connectivity index (χ3n) is 3.93. The highest BCUT2D eigenvalue weighted by Crippen LogP contribution is 2.30. The molecule has 2 aromatic rings. The number of carbonyl (C=O) groups excluding carboxylic acids is 1. The van der Waals surface area contributed by atoms with Gasteiger partial charge in [-0.05, 0) is 49.6 Å². The molecule has 120 valence electrons. The normalized spacial score (nSPS) is 15.2. The number of ether oxygens (including phenoxy) is 1. The molecule has 1 aliphatic rings. The largest absolute Gasteiger partial charge is 0.444 e. The second-order valence-corrected chi connectivity index (χ2v) is 6.94. The average molecular weight is 310 g/mol. The SMILES string of the molecule is CC(C)(C)OC(=O)N1CC(c2ccc(-c3ccncc3)cc2)C1. The van der Waals surface area contributed by atoms with Crippen LogP contribution < -0.4 is 0 Å². The van der Waals surface area contributed by atoms with Crippen LogP contribution >= 0.6 is 0 Å². The molecule has 2 heterocycles. The number of hydrogen-bond donors (Lipinski definition) is 0. The summed E-state index contributed by atoms with van der Waals surface area (Å²) in [5.41, 5.74) is 3.17. The van der Waals surface area contributed by atoms with Gasteiger partial charge in [0.05, 0.1) is 0 Å². The van der Waals surface area contributed by atoms with Crippen molar-refractivity contribution in [1.82, 2.24) is 9.88 Å². The molecule has 4 heteroatoms. The van der Waals surface area contributed by atoms with Crippen LogP contribution in [0.1, 0.15) is 32.3 Å². The quantitative estimate of drug-likeness (QED) is 0.839. The van der Waals surface area contributed by atoms with E-state index in [4.69, 9.17) is 4.74 Å². The molecule has 1 amide bonds. The van der Waals surface area contributed by atoms with Crippen molar-refractivity contribution in [3.05, 3.63) is 54.4 Å². The number of nitrogens with zero attached hydrogens (tertiary/aromatic N) is 2. The number of aromatic nitrogens is 1. The number of pyridine rings is 1. The number of amides is 1. The molecule has 0 unspecified atom stereocenters. The van der Waals surface area contributed by atoms with Crippen LogP contribution in [0.2, 0.25) is 0 Å². The van der Waals surface area contributed by atoms with Gasteiger partial charge in [0.1, 0.15) is 5.60 Å². The van der Waals surface area contributed by atoms with Gasteiger partial charge in [0, 0.05) is 31.4 Å². The molecular formula is C19H22N2O2. The van der Waals surface area contributed by atoms with Crippen LogP contribution in [0.15, 0.2) is 48.8 Å². The minimum atomic E-state index is -0.436. The number of likely N-dealkylation sites (tertiary alicyclic amines) is 1. The predicted octanol–water partition coefficient (Wildman–Crippen LogP) is 4.08. The molecule has 0 aliphatic carbocycles. The second-order valence-electron chi connectivity index (χ2n) is 6.94. The molecule has 1 aliphatic heterocycles. The summed E-state index contributed by atoms with van der Waals surface area (Å²) in [5.74, 6) is 0.397. The van der Waals surface area contributed by atoms with Gasteiger partial charge in [-0.25, -0.2) is 4.79 Å². The Bertz CT molecular complexity index is 669. The summed E-state index contributed by atoms with van der Waals surface area (Å²) < 4.78 is 5.38. The lowest BCUT2D eigenvalue weighted by Crippen LogP contribution is -2.50. The highest BCUT2D eigenvalue weighted by molar-refractivity contribution is 5.70. The Kier molecular flexibility index (Phi) is 4.07. The van der Waals surface area contributed by atoms with Gasteiger partial charge < -0.3 is 9.64 Å². The molecule has 0 bridgehead atoms. The van der Waals surface area contributed by atoms with Gasteiger partial charge in [0.25, 0.3) is 0 Å². The summed E-state index contributed by atoms with van der Waals surface area (Å²) >= 11 is 0. The minimum Gasteiger partial charge on any atom is -0.444 e. The summed E-state index contributed by atoms with van der Waals surface area (Å²) in [4.78, 5) is 17.8. The molecule has 4 nitrogen and oxygen atoms in total. The van der Waals surface area contributed by atoms with Gasteiger partial charge in [0.2, 0.25) is 0 Å². The Labute approximate surface area is 137 Å². The zero-order chi connectivity index (χ0) is 16.4. The summed E-state index contributed by atoms with van der Waals surface area (Å²) in [5, 5.41) is 0. The Morgan fingerprint density at radius 1 is 1.04 bits per heavy atom. The Hall–Kier alpha value is -2.36. The second kappa shape index (κ2) is 6.03. The fourth-order valence-corrected chi connectivity index (χ4v) is 2.66. The van der Waals surface area contributed by atoms with E-state index in [1.807, 2.05) is 32.9 Å². The topological polar surface area (TPSA) is 42.4 Å². The lowest BCUT2D eigenvalue weighted by atomic mass is 9.90. The van der Waals surface area contributed by atoms with Gasteiger partial charge >= 0.3 is 6.09 Å². The van der Waals surface area contributed by atoms with Gasteiger partial charge in [-0.1, -0.05) is 24.3 Å². The summed E-state index contributed by atoms with van der Waals surface area (Å²) in [6, 6.07) is 12.5. The first-order valence-corrected chi connectivity index (χ1v) is 7.91. The molecule has 1 aromatic carbocycles. The first kappa shape index (κ1) is 15.5. The van der Waals surface area contributed by atoms with Crippen molar-refractivity contribution < 1.29 is 9.53 Å². The van der Waals surface area contributed by atoms with Crippen molar-refractivity contribution in [3.63, 3.8) is 0 Å². The fraction of sp³-hybridized carbons (Fsp3) is 0.368. The third-order valence-corrected chi connectivity index (χ3v) is 3.93. The maximum atomic E-state index is 12.0. The van der Waals surface area contributed by atoms with Crippen molar-refractivity contribution in [2.75, 3.05) is 13.1 Å². The summed E-state index contributed by atoms with van der Waals surface area (Å²) in [6.45, 7) is 7.12. The zero-order valence-corrected chi connectivity index (χ0v) is 13.8. The first-order chi connectivity index (χ1) is 10.9. The van der Waals surface area contributed by atoms with E-state index in [1.54, 1.807) is 17.3 Å². The minimum absolute atomic E-state index is 0.220. The molecule has 0 atom stereocenters. The molecule has 3 rings (SSSR count). The summed E-state index contributed by atoms with van der Waals surface area (Å²) in [7, 11) is 0. The van der Waals surface area contributed by atoms with E-state index in [0.29, 0.717) is 5.92 Å². The van der Waals surface area contributed by atoms with E-state index in [0.717, 1.165) is 18.7 Å². The lowest BCUT2D eigenvalue weighted by molar-refractivity contribution is 0.00820. The number of hydrogen-bond acceptors (Lipinski definition) is 3. The van der Waals surface area contributed by atoms with Crippen LogP contribution in [-0.4, -0.2) is 34.7 Å². The van der Waals surface area contributed by atoms with Crippen LogP contribution in [0.5, 0.6) is 0 Å². The molecule has 0 N–H and O–H groups in total. The molecular weight excluding hydrogens is 288 g/mol. The van der Waals surface area contributed by atoms with Gasteiger partial charge in [-0.2, -0.15) is 0 Å². The zero-order valence-electron chi connectivity index (χ0n) is 13.8. The van der Waals surface area contributed by atoms with Crippen LogP contribution in [-0.2, 0) is 4.74 Å². The molecule has 1 fully saturated rings. The molecule has 23 heavy (non-hydrogen) atoms. The van der Waals surface area contributed by atoms with Gasteiger partial charge in [-0.15, -0.1) is 0 Å². The number of rotatable bonds is 2. The smallest absolute Gasteiger partial charge is 0.410 e. The van der Waals surface area contributed by atoms with Gasteiger partial charge in [-0.3, -0.25) is 4.98 Å². The van der Waals surface area contributed by atoms with Crippen molar-refractivity contribution >= 4 is 6.09 Å². The molecule has 0 spiro atoms. The summed E-state index contributed by atoms with van der Waals surface area (Å²) in [6.07, 6.45) is 3.38. The molecule has 1 saturated heterocycles. The van der Waals surface area contributed by atoms with Crippen LogP contribution in [0, 0.1) is 0 Å². The third kappa shape index (κ3) is 3.70. The highest BCUT2D eigenvalue weighted by Gasteiger charge is 2.34. The van der Waals surface area contributed by atoms with E-state index in [1.165, 1.54) is 11.1 Å². The molecule has 0 saturated carbocycles. The molecule has 1 aromatic heterocycles. The van der Waals surface area contributed by atoms with E-state index < -0.39 is 5.60 Å². The van der Waals surface area contributed by atoms with Crippen molar-refractivity contribution in [2.24, 2.45) is 0 Å². The van der Waals surface area contributed by atoms with Crippen LogP contribution in [0.4, 0.5) is 4.79 Å². The number of carbonyl (C=O) groups is 1. The van der Waals surface area contributed by atoms with E-state index >= 15 is 0 Å². The Balaban J connectivity index is 1.59. The lowest BCUT2D eigenvalue weighted by Gasteiger charge is -2.40. The average Bonchev–Trinajstić information content (AvgIpc) is 2.45. The fourth-order valence-electron chi connectivity index (χ4n) is 2.66. The standard InChI is InChI=1S/C19H22N2O2/c1-19(2,3)23-18(22)21-12-17(13-21)15-6-4-14(5-7-15)16-8-10-20-11-9-16/h4-11,17H,12-13H2,1-3H3. The first-order valence-electron chi connectivity index (χ1n) is 7.91. The Morgan fingerprint density at radius 3 is 2.17 bits per heavy atom.